The molecule has 178 valence electrons. The van der Waals surface area contributed by atoms with Gasteiger partial charge in [-0.1, -0.05) is 12.1 Å². The lowest BCUT2D eigenvalue weighted by molar-refractivity contribution is -0.132. The molecule has 1 saturated carbocycles. The average molecular weight is 466 g/mol. The molecule has 1 aromatic carbocycles. The van der Waals surface area contributed by atoms with Gasteiger partial charge in [-0.2, -0.15) is 0 Å². The van der Waals surface area contributed by atoms with E-state index in [1.54, 1.807) is 18.9 Å². The number of fused-ring (bicyclic) bond motifs is 1. The van der Waals surface area contributed by atoms with E-state index in [1.165, 1.54) is 0 Å². The molecule has 0 bridgehead atoms. The lowest BCUT2D eigenvalue weighted by Gasteiger charge is -2.40. The van der Waals surface area contributed by atoms with Gasteiger partial charge in [0, 0.05) is 44.0 Å². The average Bonchev–Trinajstić information content (AvgIpc) is 3.20. The van der Waals surface area contributed by atoms with E-state index in [4.69, 9.17) is 14.6 Å². The van der Waals surface area contributed by atoms with Gasteiger partial charge in [0.05, 0.1) is 11.8 Å². The van der Waals surface area contributed by atoms with Crippen molar-refractivity contribution in [1.29, 1.82) is 0 Å². The molecule has 2 fully saturated rings. The van der Waals surface area contributed by atoms with Crippen molar-refractivity contribution < 1.29 is 24.2 Å². The normalized spacial score (nSPS) is 24.3. The molecule has 2 N–H and O–H groups in total. The smallest absolute Gasteiger partial charge is 0.290 e. The van der Waals surface area contributed by atoms with E-state index in [0.717, 1.165) is 36.5 Å². The lowest BCUT2D eigenvalue weighted by atomic mass is 9.77. The van der Waals surface area contributed by atoms with Crippen molar-refractivity contribution in [2.24, 2.45) is 11.8 Å². The van der Waals surface area contributed by atoms with Crippen molar-refractivity contribution in [3.8, 4) is 0 Å². The number of likely N-dealkylation sites (N-methyl/N-ethyl adjacent to an activating group) is 1. The largest absolute Gasteiger partial charge is 0.483 e. The molecule has 32 heavy (non-hydrogen) atoms. The number of nitrogens with zero attached hydrogens (tertiary/aromatic N) is 2. The lowest BCUT2D eigenvalue weighted by Crippen LogP contribution is -2.47. The molecule has 9 heteroatoms. The molecule has 8 nitrogen and oxygen atoms in total. The fraction of sp³-hybridized carbons (Fsp3) is 0.609. The van der Waals surface area contributed by atoms with Crippen LogP contribution in [0.3, 0.4) is 0 Å². The van der Waals surface area contributed by atoms with Crippen LogP contribution in [0.2, 0.25) is 0 Å². The van der Waals surface area contributed by atoms with E-state index in [2.05, 4.69) is 24.3 Å². The summed E-state index contributed by atoms with van der Waals surface area (Å²) in [6, 6.07) is 8.13. The van der Waals surface area contributed by atoms with E-state index in [-0.39, 0.29) is 37.2 Å². The van der Waals surface area contributed by atoms with Gasteiger partial charge in [-0.3, -0.25) is 14.4 Å². The maximum Gasteiger partial charge on any atom is 0.290 e. The second-order valence-corrected chi connectivity index (χ2v) is 9.30. The van der Waals surface area contributed by atoms with E-state index < -0.39 is 0 Å². The zero-order valence-electron chi connectivity index (χ0n) is 19.3. The number of anilines is 1. The number of methoxy groups -OCH3 is 1. The predicted octanol–water partition coefficient (Wildman–Crippen LogP) is 2.64. The molecule has 4 atom stereocenters. The van der Waals surface area contributed by atoms with Crippen LogP contribution >= 0.6 is 11.8 Å². The number of thioether (sulfide) groups is 1. The zero-order valence-corrected chi connectivity index (χ0v) is 20.1. The highest BCUT2D eigenvalue weighted by molar-refractivity contribution is 7.98. The number of carbonyl (C=O) groups is 3. The molecule has 2 amide bonds. The van der Waals surface area contributed by atoms with Gasteiger partial charge in [-0.05, 0) is 57.2 Å². The molecule has 3 rings (SSSR count). The Balaban J connectivity index is 0.00000114. The van der Waals surface area contributed by atoms with Crippen molar-refractivity contribution in [3.63, 3.8) is 0 Å². The third kappa shape index (κ3) is 6.95. The zero-order chi connectivity index (χ0) is 23.7. The maximum absolute atomic E-state index is 12.7. The summed E-state index contributed by atoms with van der Waals surface area (Å²) in [7, 11) is 5.98. The van der Waals surface area contributed by atoms with Crippen LogP contribution in [-0.4, -0.2) is 85.9 Å². The number of rotatable bonds is 7. The first-order chi connectivity index (χ1) is 15.3. The molecule has 0 unspecified atom stereocenters. The Bertz CT molecular complexity index is 776. The molecule has 1 aliphatic heterocycles. The van der Waals surface area contributed by atoms with Crippen LogP contribution in [0, 0.1) is 11.8 Å². The molecular formula is C23H35N3O5S. The minimum absolute atomic E-state index is 0.0862. The number of para-hydroxylation sites is 1. The summed E-state index contributed by atoms with van der Waals surface area (Å²) in [5, 5.41) is 9.83. The third-order valence-electron chi connectivity index (χ3n) is 6.35. The Kier molecular flexibility index (Phi) is 10.5. The third-order valence-corrected chi connectivity index (χ3v) is 7.15. The fourth-order valence-electron chi connectivity index (χ4n) is 4.73. The number of carbonyl (C=O) groups excluding carboxylic acids is 2. The molecular weight excluding hydrogens is 430 g/mol. The number of carboxylic acid groups (broad SMARTS) is 1. The maximum atomic E-state index is 12.7. The van der Waals surface area contributed by atoms with Gasteiger partial charge in [0.15, 0.2) is 0 Å². The fourth-order valence-corrected chi connectivity index (χ4v) is 5.28. The molecule has 0 aromatic heterocycles. The van der Waals surface area contributed by atoms with Gasteiger partial charge in [0.25, 0.3) is 6.47 Å². The van der Waals surface area contributed by atoms with Crippen molar-refractivity contribution >= 4 is 35.7 Å². The second-order valence-electron chi connectivity index (χ2n) is 8.45. The van der Waals surface area contributed by atoms with E-state index in [0.29, 0.717) is 17.9 Å². The first-order valence-electron chi connectivity index (χ1n) is 10.8. The summed E-state index contributed by atoms with van der Waals surface area (Å²) in [4.78, 5) is 38.7. The molecule has 0 spiro atoms. The number of nitrogens with one attached hydrogen (secondary N) is 1. The van der Waals surface area contributed by atoms with Crippen molar-refractivity contribution in [3.05, 3.63) is 24.3 Å². The summed E-state index contributed by atoms with van der Waals surface area (Å²) < 4.78 is 5.72. The standard InChI is InChI=1S/C22H33N3O3S.CH2O2/c1-24(2)18-11-15-13-25(14-16(15)12-19(18)28-3)22(27)10-9-21(26)23-17-7-5-6-8-20(17)29-4;2-1-3/h5-8,15-16,18-19H,9-14H2,1-4H3,(H,23,26);1H,(H,2,3)/t15-,16+,18-,19-;/m1./s1. The van der Waals surface area contributed by atoms with Crippen LogP contribution in [0.25, 0.3) is 0 Å². The highest BCUT2D eigenvalue weighted by Gasteiger charge is 2.44. The topological polar surface area (TPSA) is 99.2 Å². The second kappa shape index (κ2) is 12.8. The molecule has 1 heterocycles. The molecule has 0 radical (unpaired) electrons. The van der Waals surface area contributed by atoms with Crippen LogP contribution in [0.1, 0.15) is 25.7 Å². The Morgan fingerprint density at radius 2 is 1.84 bits per heavy atom. The summed E-state index contributed by atoms with van der Waals surface area (Å²) in [5.41, 5.74) is 0.810. The Hall–Kier alpha value is -2.10. The van der Waals surface area contributed by atoms with Crippen molar-refractivity contribution in [2.45, 2.75) is 42.7 Å². The van der Waals surface area contributed by atoms with Gasteiger partial charge < -0.3 is 25.0 Å². The van der Waals surface area contributed by atoms with E-state index in [9.17, 15) is 9.59 Å². The number of benzene rings is 1. The summed E-state index contributed by atoms with van der Waals surface area (Å²) in [6.07, 6.45) is 4.75. The minimum atomic E-state index is -0.250. The summed E-state index contributed by atoms with van der Waals surface area (Å²) >= 11 is 1.59. The molecule has 1 aromatic rings. The van der Waals surface area contributed by atoms with Gasteiger partial charge in [0.2, 0.25) is 11.8 Å². The predicted molar refractivity (Wildman–Crippen MR) is 126 cm³/mol. The quantitative estimate of drug-likeness (QED) is 0.472. The number of ether oxygens (including phenoxy) is 1. The Morgan fingerprint density at radius 1 is 1.22 bits per heavy atom. The van der Waals surface area contributed by atoms with Crippen molar-refractivity contribution in [1.82, 2.24) is 9.80 Å². The van der Waals surface area contributed by atoms with Gasteiger partial charge in [0.1, 0.15) is 0 Å². The first kappa shape index (κ1) is 26.2. The monoisotopic (exact) mass is 465 g/mol. The Morgan fingerprint density at radius 3 is 2.44 bits per heavy atom. The summed E-state index contributed by atoms with van der Waals surface area (Å²) in [5.74, 6) is 1.01. The van der Waals surface area contributed by atoms with Gasteiger partial charge >= 0.3 is 0 Å². The number of amides is 2. The Labute approximate surface area is 194 Å². The van der Waals surface area contributed by atoms with Crippen LogP contribution in [0.15, 0.2) is 29.2 Å². The molecule has 1 saturated heterocycles. The van der Waals surface area contributed by atoms with Gasteiger partial charge in [-0.15, -0.1) is 11.8 Å². The van der Waals surface area contributed by atoms with Crippen LogP contribution in [0.5, 0.6) is 0 Å². The van der Waals surface area contributed by atoms with E-state index >= 15 is 0 Å². The van der Waals surface area contributed by atoms with Crippen molar-refractivity contribution in [2.75, 3.05) is 45.9 Å². The minimum Gasteiger partial charge on any atom is -0.483 e. The number of hydrogen-bond donors (Lipinski definition) is 2. The van der Waals surface area contributed by atoms with Crippen LogP contribution < -0.4 is 5.32 Å². The first-order valence-corrected chi connectivity index (χ1v) is 12.0. The van der Waals surface area contributed by atoms with Crippen LogP contribution in [0.4, 0.5) is 5.69 Å². The highest BCUT2D eigenvalue weighted by atomic mass is 32.2. The van der Waals surface area contributed by atoms with Crippen LogP contribution in [-0.2, 0) is 19.1 Å². The SMILES string of the molecule is CO[C@@H]1C[C@H]2CN(C(=O)CCC(=O)Nc3ccccc3SC)C[C@H]2C[C@H]1N(C)C.O=CO. The number of likely N-dealkylation sites (tertiary alicyclic amines) is 1. The molecule has 1 aliphatic carbocycles. The number of hydrogen-bond acceptors (Lipinski definition) is 6. The molecule has 2 aliphatic rings. The highest BCUT2D eigenvalue weighted by Crippen LogP contribution is 2.39. The summed E-state index contributed by atoms with van der Waals surface area (Å²) in [6.45, 7) is 1.35. The van der Waals surface area contributed by atoms with Gasteiger partial charge in [-0.25, -0.2) is 0 Å². The van der Waals surface area contributed by atoms with E-state index in [1.807, 2.05) is 35.4 Å².